The summed E-state index contributed by atoms with van der Waals surface area (Å²) in [6, 6.07) is -0.163. The maximum absolute atomic E-state index is 12.7. The van der Waals surface area contributed by atoms with Crippen LogP contribution in [0.25, 0.3) is 0 Å². The lowest BCUT2D eigenvalue weighted by molar-refractivity contribution is -0.0127. The predicted molar refractivity (Wildman–Crippen MR) is 97.9 cm³/mol. The van der Waals surface area contributed by atoms with Gasteiger partial charge in [-0.1, -0.05) is 0 Å². The molecule has 5 aliphatic carbocycles. The van der Waals surface area contributed by atoms with Crippen molar-refractivity contribution in [1.82, 2.24) is 5.32 Å². The molecule has 1 heterocycles. The molecule has 6 rings (SSSR count). The van der Waals surface area contributed by atoms with Crippen molar-refractivity contribution in [2.45, 2.75) is 63.3 Å². The van der Waals surface area contributed by atoms with Crippen LogP contribution in [0.5, 0.6) is 0 Å². The van der Waals surface area contributed by atoms with Gasteiger partial charge in [-0.2, -0.15) is 0 Å². The fraction of sp³-hybridized carbons (Fsp3) is 0.684. The van der Waals surface area contributed by atoms with Gasteiger partial charge < -0.3 is 11.1 Å². The Morgan fingerprint density at radius 2 is 1.68 bits per heavy atom. The number of rotatable bonds is 3. The predicted octanol–water partition coefficient (Wildman–Crippen LogP) is 3.43. The molecule has 0 atom stereocenters. The first-order chi connectivity index (χ1) is 12.0. The molecule has 4 bridgehead atoms. The van der Waals surface area contributed by atoms with Crippen LogP contribution in [0, 0.1) is 17.8 Å². The van der Waals surface area contributed by atoms with Crippen molar-refractivity contribution in [3.05, 3.63) is 16.0 Å². The number of urea groups is 1. The van der Waals surface area contributed by atoms with E-state index in [1.165, 1.54) is 35.5 Å². The first-order valence-corrected chi connectivity index (χ1v) is 10.4. The van der Waals surface area contributed by atoms with Gasteiger partial charge in [-0.15, -0.1) is 11.3 Å². The summed E-state index contributed by atoms with van der Waals surface area (Å²) in [7, 11) is 0. The molecule has 1 aromatic rings. The van der Waals surface area contributed by atoms with E-state index in [0.29, 0.717) is 10.6 Å². The number of anilines is 1. The second-order valence-electron chi connectivity index (χ2n) is 8.70. The van der Waals surface area contributed by atoms with Gasteiger partial charge in [0.1, 0.15) is 5.00 Å². The van der Waals surface area contributed by atoms with Gasteiger partial charge >= 0.3 is 6.03 Å². The highest BCUT2D eigenvalue weighted by atomic mass is 32.1. The van der Waals surface area contributed by atoms with Crippen LogP contribution in [-0.4, -0.2) is 17.5 Å². The Morgan fingerprint density at radius 1 is 1.04 bits per heavy atom. The van der Waals surface area contributed by atoms with E-state index in [-0.39, 0.29) is 11.6 Å². The summed E-state index contributed by atoms with van der Waals surface area (Å²) in [6.45, 7) is 0. The summed E-state index contributed by atoms with van der Waals surface area (Å²) in [5.41, 5.74) is 7.17. The standard InChI is InChI=1S/C19H25N3O2S/c20-16(23)15-13-2-1-3-14(13)25-17(15)21-18(24)22-19-7-10-4-11(8-19)6-12(5-10)9-19/h10-12H,1-9H2,(H2,20,23)(H2,21,22,24). The van der Waals surface area contributed by atoms with Crippen molar-refractivity contribution in [2.75, 3.05) is 5.32 Å². The molecule has 134 valence electrons. The summed E-state index contributed by atoms with van der Waals surface area (Å²) in [5.74, 6) is 1.94. The van der Waals surface area contributed by atoms with Crippen LogP contribution in [0.4, 0.5) is 9.80 Å². The smallest absolute Gasteiger partial charge is 0.320 e. The molecule has 25 heavy (non-hydrogen) atoms. The minimum absolute atomic E-state index is 0.0221. The number of thiophene rings is 1. The normalized spacial score (nSPS) is 34.8. The molecule has 1 aromatic heterocycles. The van der Waals surface area contributed by atoms with Crippen LogP contribution < -0.4 is 16.4 Å². The van der Waals surface area contributed by atoms with Crippen molar-refractivity contribution in [2.24, 2.45) is 23.5 Å². The third-order valence-electron chi connectivity index (χ3n) is 6.81. The number of nitrogens with one attached hydrogen (secondary N) is 2. The molecule has 0 unspecified atom stereocenters. The monoisotopic (exact) mass is 359 g/mol. The number of hydrogen-bond acceptors (Lipinski definition) is 3. The Bertz CT molecular complexity index is 719. The van der Waals surface area contributed by atoms with E-state index in [9.17, 15) is 9.59 Å². The third-order valence-corrected chi connectivity index (χ3v) is 8.02. The maximum atomic E-state index is 12.7. The van der Waals surface area contributed by atoms with Crippen molar-refractivity contribution < 1.29 is 9.59 Å². The van der Waals surface area contributed by atoms with Gasteiger partial charge in [0, 0.05) is 10.4 Å². The van der Waals surface area contributed by atoms with E-state index in [2.05, 4.69) is 10.6 Å². The van der Waals surface area contributed by atoms with Gasteiger partial charge in [-0.05, 0) is 81.1 Å². The minimum atomic E-state index is -0.426. The van der Waals surface area contributed by atoms with Gasteiger partial charge in [0.05, 0.1) is 5.56 Å². The lowest BCUT2D eigenvalue weighted by Gasteiger charge is -2.56. The number of aryl methyl sites for hydroxylation is 1. The number of nitrogens with two attached hydrogens (primary N) is 1. The molecule has 0 radical (unpaired) electrons. The van der Waals surface area contributed by atoms with E-state index in [0.717, 1.165) is 61.8 Å². The highest BCUT2D eigenvalue weighted by Gasteiger charge is 2.51. The number of amides is 3. The molecule has 4 saturated carbocycles. The zero-order valence-electron chi connectivity index (χ0n) is 14.4. The van der Waals surface area contributed by atoms with Crippen molar-refractivity contribution >= 4 is 28.3 Å². The SMILES string of the molecule is NC(=O)c1c(NC(=O)NC23CC4CC(CC(C4)C2)C3)sc2c1CCC2. The summed E-state index contributed by atoms with van der Waals surface area (Å²) in [5, 5.41) is 6.91. The Kier molecular flexibility index (Phi) is 3.43. The highest BCUT2D eigenvalue weighted by molar-refractivity contribution is 7.17. The van der Waals surface area contributed by atoms with Crippen LogP contribution in [0.15, 0.2) is 0 Å². The zero-order valence-corrected chi connectivity index (χ0v) is 15.2. The molecule has 3 amide bonds. The van der Waals surface area contributed by atoms with Gasteiger partial charge in [0.15, 0.2) is 0 Å². The lowest BCUT2D eigenvalue weighted by Crippen LogP contribution is -2.60. The average molecular weight is 359 g/mol. The van der Waals surface area contributed by atoms with Gasteiger partial charge in [0.25, 0.3) is 5.91 Å². The van der Waals surface area contributed by atoms with Gasteiger partial charge in [0.2, 0.25) is 0 Å². The number of primary amides is 1. The number of carbonyl (C=O) groups is 2. The summed E-state index contributed by atoms with van der Waals surface area (Å²) < 4.78 is 0. The Morgan fingerprint density at radius 3 is 2.28 bits per heavy atom. The van der Waals surface area contributed by atoms with Crippen molar-refractivity contribution in [1.29, 1.82) is 0 Å². The van der Waals surface area contributed by atoms with E-state index in [1.807, 2.05) is 0 Å². The molecular formula is C19H25N3O2S. The topological polar surface area (TPSA) is 84.2 Å². The number of carbonyl (C=O) groups excluding carboxylic acids is 2. The molecule has 0 aromatic carbocycles. The molecule has 4 N–H and O–H groups in total. The first kappa shape index (κ1) is 15.7. The van der Waals surface area contributed by atoms with Crippen LogP contribution >= 0.6 is 11.3 Å². The molecular weight excluding hydrogens is 334 g/mol. The van der Waals surface area contributed by atoms with Crippen LogP contribution in [0.2, 0.25) is 0 Å². The Labute approximate surface area is 151 Å². The number of hydrogen-bond donors (Lipinski definition) is 3. The molecule has 0 saturated heterocycles. The van der Waals surface area contributed by atoms with E-state index in [1.54, 1.807) is 0 Å². The van der Waals surface area contributed by atoms with Crippen LogP contribution in [0.3, 0.4) is 0 Å². The Hall–Kier alpha value is -1.56. The molecule has 5 aliphatic rings. The molecule has 6 heteroatoms. The second-order valence-corrected chi connectivity index (χ2v) is 9.81. The molecule has 0 spiro atoms. The maximum Gasteiger partial charge on any atom is 0.320 e. The van der Waals surface area contributed by atoms with Crippen molar-refractivity contribution in [3.8, 4) is 0 Å². The zero-order chi connectivity index (χ0) is 17.2. The van der Waals surface area contributed by atoms with E-state index < -0.39 is 5.91 Å². The summed E-state index contributed by atoms with van der Waals surface area (Å²) >= 11 is 1.52. The average Bonchev–Trinajstić information content (AvgIpc) is 3.04. The lowest BCUT2D eigenvalue weighted by atomic mass is 9.53. The third kappa shape index (κ3) is 2.57. The van der Waals surface area contributed by atoms with Crippen molar-refractivity contribution in [3.63, 3.8) is 0 Å². The minimum Gasteiger partial charge on any atom is -0.365 e. The fourth-order valence-corrected chi connectivity index (χ4v) is 7.68. The molecule has 0 aliphatic heterocycles. The second kappa shape index (κ2) is 5.47. The molecule has 5 nitrogen and oxygen atoms in total. The van der Waals surface area contributed by atoms with E-state index >= 15 is 0 Å². The Balaban J connectivity index is 1.34. The quantitative estimate of drug-likeness (QED) is 0.772. The number of fused-ring (bicyclic) bond motifs is 1. The molecule has 4 fully saturated rings. The van der Waals surface area contributed by atoms with E-state index in [4.69, 9.17) is 5.73 Å². The van der Waals surface area contributed by atoms with Crippen LogP contribution in [0.1, 0.15) is 65.7 Å². The highest BCUT2D eigenvalue weighted by Crippen LogP contribution is 2.55. The van der Waals surface area contributed by atoms with Crippen LogP contribution in [-0.2, 0) is 12.8 Å². The van der Waals surface area contributed by atoms with Gasteiger partial charge in [-0.25, -0.2) is 4.79 Å². The van der Waals surface area contributed by atoms with Gasteiger partial charge in [-0.3, -0.25) is 10.1 Å². The summed E-state index contributed by atoms with van der Waals surface area (Å²) in [4.78, 5) is 25.8. The fourth-order valence-electron chi connectivity index (χ4n) is 6.39. The summed E-state index contributed by atoms with van der Waals surface area (Å²) in [6.07, 6.45) is 10.4. The first-order valence-electron chi connectivity index (χ1n) is 9.55. The largest absolute Gasteiger partial charge is 0.365 e.